The summed E-state index contributed by atoms with van der Waals surface area (Å²) in [5.74, 6) is -0.400. The summed E-state index contributed by atoms with van der Waals surface area (Å²) in [5.41, 5.74) is 0. The Balaban J connectivity index is 2.53. The highest BCUT2D eigenvalue weighted by Gasteiger charge is 2.30. The van der Waals surface area contributed by atoms with Crippen molar-refractivity contribution in [2.24, 2.45) is 5.92 Å². The molecule has 0 aromatic heterocycles. The molecule has 0 aromatic carbocycles. The molecule has 1 heterocycles. The van der Waals surface area contributed by atoms with Gasteiger partial charge in [0.2, 0.25) is 10.0 Å². The topological polar surface area (TPSA) is 63.7 Å². The molecule has 0 amide bonds. The zero-order valence-electron chi connectivity index (χ0n) is 8.48. The molecule has 0 aromatic rings. The number of hydrogen-bond donors (Lipinski definition) is 0. The van der Waals surface area contributed by atoms with Crippen molar-refractivity contribution >= 4 is 31.9 Å². The van der Waals surface area contributed by atoms with Crippen LogP contribution in [0.25, 0.3) is 0 Å². The average Bonchev–Trinajstić information content (AvgIpc) is 2.28. The standard InChI is InChI=1S/C8H14BrNO4S/c1-14-8(11)7-2-4-10(5-3-7)15(12,13)6-9/h7H,2-6H2,1H3. The van der Waals surface area contributed by atoms with Gasteiger partial charge in [-0.15, -0.1) is 0 Å². The quantitative estimate of drug-likeness (QED) is 0.564. The summed E-state index contributed by atoms with van der Waals surface area (Å²) in [6, 6.07) is 0. The monoisotopic (exact) mass is 299 g/mol. The van der Waals surface area contributed by atoms with E-state index in [4.69, 9.17) is 0 Å². The number of rotatable bonds is 3. The predicted octanol–water partition coefficient (Wildman–Crippen LogP) is 0.554. The number of esters is 1. The number of hydrogen-bond acceptors (Lipinski definition) is 4. The number of nitrogens with zero attached hydrogens (tertiary/aromatic N) is 1. The van der Waals surface area contributed by atoms with E-state index >= 15 is 0 Å². The lowest BCUT2D eigenvalue weighted by Gasteiger charge is -2.29. The summed E-state index contributed by atoms with van der Waals surface area (Å²) in [6.45, 7) is 0.793. The van der Waals surface area contributed by atoms with Crippen LogP contribution < -0.4 is 0 Å². The van der Waals surface area contributed by atoms with E-state index in [0.717, 1.165) is 0 Å². The number of methoxy groups -OCH3 is 1. The Bertz CT molecular complexity index is 322. The number of halogens is 1. The van der Waals surface area contributed by atoms with Crippen molar-refractivity contribution in [2.45, 2.75) is 12.8 Å². The summed E-state index contributed by atoms with van der Waals surface area (Å²) in [4.78, 5) is 11.2. The van der Waals surface area contributed by atoms with E-state index < -0.39 is 10.0 Å². The first-order chi connectivity index (χ1) is 7.01. The van der Waals surface area contributed by atoms with Gasteiger partial charge >= 0.3 is 5.97 Å². The molecule has 0 unspecified atom stereocenters. The van der Waals surface area contributed by atoms with Gasteiger partial charge in [0.1, 0.15) is 4.66 Å². The maximum absolute atomic E-state index is 11.5. The molecule has 0 saturated carbocycles. The number of piperidine rings is 1. The fraction of sp³-hybridized carbons (Fsp3) is 0.875. The molecule has 0 atom stereocenters. The zero-order valence-corrected chi connectivity index (χ0v) is 10.9. The summed E-state index contributed by atoms with van der Waals surface area (Å²) in [5, 5.41) is 0. The minimum absolute atomic E-state index is 0.0666. The van der Waals surface area contributed by atoms with E-state index in [9.17, 15) is 13.2 Å². The predicted molar refractivity (Wildman–Crippen MR) is 59.0 cm³/mol. The van der Waals surface area contributed by atoms with Gasteiger partial charge in [0, 0.05) is 13.1 Å². The van der Waals surface area contributed by atoms with E-state index in [1.165, 1.54) is 11.4 Å². The van der Waals surface area contributed by atoms with Crippen LogP contribution in [0.1, 0.15) is 12.8 Å². The lowest BCUT2D eigenvalue weighted by atomic mass is 9.99. The molecule has 15 heavy (non-hydrogen) atoms. The second kappa shape index (κ2) is 5.27. The normalized spacial score (nSPS) is 20.1. The van der Waals surface area contributed by atoms with Gasteiger partial charge in [-0.05, 0) is 12.8 Å². The highest BCUT2D eigenvalue weighted by atomic mass is 79.9. The fourth-order valence-electron chi connectivity index (χ4n) is 1.61. The van der Waals surface area contributed by atoms with Crippen LogP contribution in [0.4, 0.5) is 0 Å². The van der Waals surface area contributed by atoms with E-state index in [1.54, 1.807) is 0 Å². The zero-order chi connectivity index (χ0) is 11.5. The van der Waals surface area contributed by atoms with Crippen LogP contribution in [0.3, 0.4) is 0 Å². The van der Waals surface area contributed by atoms with Crippen molar-refractivity contribution in [2.75, 3.05) is 24.9 Å². The van der Waals surface area contributed by atoms with Crippen molar-refractivity contribution in [3.63, 3.8) is 0 Å². The van der Waals surface area contributed by atoms with Gasteiger partial charge in [-0.1, -0.05) is 15.9 Å². The van der Waals surface area contributed by atoms with Gasteiger partial charge in [0.25, 0.3) is 0 Å². The molecule has 0 N–H and O–H groups in total. The van der Waals surface area contributed by atoms with Crippen molar-refractivity contribution in [3.8, 4) is 0 Å². The number of carbonyl (C=O) groups is 1. The first-order valence-electron chi connectivity index (χ1n) is 4.63. The molecule has 1 fully saturated rings. The second-order valence-corrected chi connectivity index (χ2v) is 6.69. The highest BCUT2D eigenvalue weighted by Crippen LogP contribution is 2.21. The number of carbonyl (C=O) groups excluding carboxylic acids is 1. The maximum Gasteiger partial charge on any atom is 0.308 e. The van der Waals surface area contributed by atoms with Crippen LogP contribution in [-0.2, 0) is 19.6 Å². The molecule has 1 rings (SSSR count). The second-order valence-electron chi connectivity index (χ2n) is 3.42. The van der Waals surface area contributed by atoms with Crippen LogP contribution in [0.5, 0.6) is 0 Å². The Kier molecular flexibility index (Phi) is 4.54. The summed E-state index contributed by atoms with van der Waals surface area (Å²) in [7, 11) is -1.83. The van der Waals surface area contributed by atoms with Crippen LogP contribution in [-0.4, -0.2) is 43.6 Å². The maximum atomic E-state index is 11.5. The molecule has 1 saturated heterocycles. The van der Waals surface area contributed by atoms with Crippen LogP contribution in [0.2, 0.25) is 0 Å². The molecule has 7 heteroatoms. The van der Waals surface area contributed by atoms with Gasteiger partial charge in [-0.2, -0.15) is 0 Å². The first kappa shape index (κ1) is 12.9. The highest BCUT2D eigenvalue weighted by molar-refractivity contribution is 9.10. The summed E-state index contributed by atoms with van der Waals surface area (Å²) >= 11 is 2.94. The largest absolute Gasteiger partial charge is 0.469 e. The summed E-state index contributed by atoms with van der Waals surface area (Å²) < 4.78 is 28.9. The minimum Gasteiger partial charge on any atom is -0.469 e. The Labute approximate surface area is 98.0 Å². The first-order valence-corrected chi connectivity index (χ1v) is 7.36. The SMILES string of the molecule is COC(=O)C1CCN(S(=O)(=O)CBr)CC1. The third-order valence-electron chi connectivity index (χ3n) is 2.52. The molecular weight excluding hydrogens is 286 g/mol. The lowest BCUT2D eigenvalue weighted by molar-refractivity contribution is -0.146. The number of sulfonamides is 1. The van der Waals surface area contributed by atoms with Gasteiger partial charge < -0.3 is 4.74 Å². The van der Waals surface area contributed by atoms with Gasteiger partial charge in [-0.3, -0.25) is 4.79 Å². The Morgan fingerprint density at radius 3 is 2.40 bits per heavy atom. The molecule has 0 radical (unpaired) electrons. The van der Waals surface area contributed by atoms with Gasteiger partial charge in [-0.25, -0.2) is 12.7 Å². The molecule has 5 nitrogen and oxygen atoms in total. The smallest absolute Gasteiger partial charge is 0.308 e. The molecule has 0 spiro atoms. The van der Waals surface area contributed by atoms with Crippen LogP contribution >= 0.6 is 15.9 Å². The van der Waals surface area contributed by atoms with Crippen LogP contribution in [0, 0.1) is 5.92 Å². The number of ether oxygens (including phenoxy) is 1. The Morgan fingerprint density at radius 1 is 1.47 bits per heavy atom. The van der Waals surface area contributed by atoms with E-state index in [-0.39, 0.29) is 16.5 Å². The molecule has 0 aliphatic carbocycles. The molecular formula is C8H14BrNO4S. The fourth-order valence-corrected chi connectivity index (χ4v) is 3.38. The van der Waals surface area contributed by atoms with Crippen molar-refractivity contribution in [1.82, 2.24) is 4.31 Å². The Morgan fingerprint density at radius 2 is 2.00 bits per heavy atom. The summed E-state index contributed by atoms with van der Waals surface area (Å²) in [6.07, 6.45) is 1.08. The Hall–Kier alpha value is -0.140. The average molecular weight is 300 g/mol. The van der Waals surface area contributed by atoms with Gasteiger partial charge in [0.05, 0.1) is 13.0 Å². The van der Waals surface area contributed by atoms with E-state index in [0.29, 0.717) is 25.9 Å². The third kappa shape index (κ3) is 3.15. The molecule has 1 aliphatic heterocycles. The number of alkyl halides is 1. The van der Waals surface area contributed by atoms with Crippen molar-refractivity contribution in [1.29, 1.82) is 0 Å². The van der Waals surface area contributed by atoms with Crippen molar-refractivity contribution in [3.05, 3.63) is 0 Å². The van der Waals surface area contributed by atoms with Crippen molar-refractivity contribution < 1.29 is 17.9 Å². The van der Waals surface area contributed by atoms with Crippen LogP contribution in [0.15, 0.2) is 0 Å². The lowest BCUT2D eigenvalue weighted by Crippen LogP contribution is -2.40. The van der Waals surface area contributed by atoms with Gasteiger partial charge in [0.15, 0.2) is 0 Å². The molecule has 88 valence electrons. The van der Waals surface area contributed by atoms with E-state index in [1.807, 2.05) is 0 Å². The third-order valence-corrected chi connectivity index (χ3v) is 5.68. The molecule has 1 aliphatic rings. The van der Waals surface area contributed by atoms with E-state index in [2.05, 4.69) is 20.7 Å². The minimum atomic E-state index is -3.18. The molecule has 0 bridgehead atoms.